The summed E-state index contributed by atoms with van der Waals surface area (Å²) in [5.74, 6) is 0.257. The predicted molar refractivity (Wildman–Crippen MR) is 91.3 cm³/mol. The third-order valence-corrected chi connectivity index (χ3v) is 4.16. The first kappa shape index (κ1) is 16.6. The number of carbonyl (C=O) groups excluding carboxylic acids is 1. The molecule has 0 spiro atoms. The molecule has 0 unspecified atom stereocenters. The van der Waals surface area contributed by atoms with Crippen molar-refractivity contribution >= 4 is 40.8 Å². The maximum atomic E-state index is 12.3. The van der Waals surface area contributed by atoms with Gasteiger partial charge in [0.2, 0.25) is 5.91 Å². The van der Waals surface area contributed by atoms with E-state index in [-0.39, 0.29) is 11.2 Å². The van der Waals surface area contributed by atoms with Crippen LogP contribution in [0.15, 0.2) is 29.4 Å². The van der Waals surface area contributed by atoms with Crippen LogP contribution in [-0.4, -0.2) is 21.1 Å². The van der Waals surface area contributed by atoms with E-state index in [1.165, 1.54) is 11.8 Å². The van der Waals surface area contributed by atoms with Crippen LogP contribution in [0.3, 0.4) is 0 Å². The van der Waals surface area contributed by atoms with Crippen molar-refractivity contribution in [3.63, 3.8) is 0 Å². The summed E-state index contributed by atoms with van der Waals surface area (Å²) in [5, 5.41) is 3.58. The third-order valence-electron chi connectivity index (χ3n) is 2.96. The fourth-order valence-corrected chi connectivity index (χ4v) is 2.80. The maximum Gasteiger partial charge on any atom is 0.237 e. The fraction of sp³-hybridized carbons (Fsp3) is 0.267. The summed E-state index contributed by atoms with van der Waals surface area (Å²) in [6.07, 6.45) is 0. The molecule has 0 saturated carbocycles. The van der Waals surface area contributed by atoms with Crippen LogP contribution in [0.2, 0.25) is 5.02 Å². The lowest BCUT2D eigenvalue weighted by atomic mass is 10.2. The van der Waals surface area contributed by atoms with Crippen LogP contribution < -0.4 is 11.1 Å². The van der Waals surface area contributed by atoms with Crippen LogP contribution in [0.4, 0.5) is 11.5 Å². The minimum atomic E-state index is -0.361. The lowest BCUT2D eigenvalue weighted by molar-refractivity contribution is -0.115. The molecular formula is C15H17ClN4OS. The van der Waals surface area contributed by atoms with Gasteiger partial charge in [0.1, 0.15) is 5.82 Å². The molecular weight excluding hydrogens is 320 g/mol. The molecule has 1 amide bonds. The second-order valence-corrected chi connectivity index (χ2v) is 6.67. The zero-order valence-corrected chi connectivity index (χ0v) is 14.1. The van der Waals surface area contributed by atoms with Gasteiger partial charge < -0.3 is 11.1 Å². The average Bonchev–Trinajstić information content (AvgIpc) is 2.41. The standard InChI is InChI=1S/C15H17ClN4OS/c1-8-4-5-11(16)7-12(8)19-14(21)10(3)22-15-18-9(2)6-13(17)20-15/h4-7,10H,1-3H3,(H,19,21)(H2,17,18,20)/t10-/m1/s1. The lowest BCUT2D eigenvalue weighted by Gasteiger charge is -2.13. The zero-order valence-electron chi connectivity index (χ0n) is 12.6. The SMILES string of the molecule is Cc1cc(N)nc(S[C@H](C)C(=O)Nc2cc(Cl)ccc2C)n1. The second kappa shape index (κ2) is 6.98. The molecule has 116 valence electrons. The van der Waals surface area contributed by atoms with E-state index in [4.69, 9.17) is 17.3 Å². The first-order chi connectivity index (χ1) is 10.3. The molecule has 2 rings (SSSR count). The molecule has 0 radical (unpaired) electrons. The molecule has 0 aliphatic heterocycles. The van der Waals surface area contributed by atoms with Gasteiger partial charge in [0.25, 0.3) is 0 Å². The molecule has 1 aromatic carbocycles. The van der Waals surface area contributed by atoms with Gasteiger partial charge in [-0.2, -0.15) is 0 Å². The number of hydrogen-bond acceptors (Lipinski definition) is 5. The molecule has 2 aromatic rings. The highest BCUT2D eigenvalue weighted by atomic mass is 35.5. The van der Waals surface area contributed by atoms with Crippen LogP contribution >= 0.6 is 23.4 Å². The van der Waals surface area contributed by atoms with Gasteiger partial charge in [0.15, 0.2) is 5.16 Å². The van der Waals surface area contributed by atoms with E-state index < -0.39 is 0 Å². The largest absolute Gasteiger partial charge is 0.384 e. The molecule has 0 bridgehead atoms. The zero-order chi connectivity index (χ0) is 16.3. The lowest BCUT2D eigenvalue weighted by Crippen LogP contribution is -2.23. The monoisotopic (exact) mass is 336 g/mol. The topological polar surface area (TPSA) is 80.9 Å². The molecule has 0 aliphatic rings. The number of nitrogens with one attached hydrogen (secondary N) is 1. The molecule has 1 heterocycles. The highest BCUT2D eigenvalue weighted by Gasteiger charge is 2.17. The van der Waals surface area contributed by atoms with Crippen LogP contribution in [-0.2, 0) is 4.79 Å². The number of aromatic nitrogens is 2. The van der Waals surface area contributed by atoms with Gasteiger partial charge in [-0.25, -0.2) is 9.97 Å². The Bertz CT molecular complexity index is 688. The first-order valence-electron chi connectivity index (χ1n) is 6.70. The number of anilines is 2. The van der Waals surface area contributed by atoms with Crippen LogP contribution in [0.1, 0.15) is 18.2 Å². The van der Waals surface area contributed by atoms with Crippen molar-refractivity contribution in [1.29, 1.82) is 0 Å². The molecule has 3 N–H and O–H groups in total. The van der Waals surface area contributed by atoms with E-state index in [9.17, 15) is 4.79 Å². The number of benzene rings is 1. The number of halogens is 1. The molecule has 0 aliphatic carbocycles. The Balaban J connectivity index is 2.07. The number of rotatable bonds is 4. The Morgan fingerprint density at radius 2 is 2.05 bits per heavy atom. The van der Waals surface area contributed by atoms with Crippen LogP contribution in [0.5, 0.6) is 0 Å². The van der Waals surface area contributed by atoms with Crippen molar-refractivity contribution in [1.82, 2.24) is 9.97 Å². The van der Waals surface area contributed by atoms with Gasteiger partial charge in [0.05, 0.1) is 5.25 Å². The molecule has 22 heavy (non-hydrogen) atoms. The van der Waals surface area contributed by atoms with Crippen LogP contribution in [0.25, 0.3) is 0 Å². The number of nitrogens with two attached hydrogens (primary N) is 1. The molecule has 5 nitrogen and oxygen atoms in total. The number of hydrogen-bond donors (Lipinski definition) is 2. The van der Waals surface area contributed by atoms with E-state index in [2.05, 4.69) is 15.3 Å². The first-order valence-corrected chi connectivity index (χ1v) is 7.96. The Labute approximate surface area is 138 Å². The van der Waals surface area contributed by atoms with Gasteiger partial charge in [0, 0.05) is 22.5 Å². The Kier molecular flexibility index (Phi) is 5.26. The normalized spacial score (nSPS) is 12.0. The van der Waals surface area contributed by atoms with Gasteiger partial charge in [-0.1, -0.05) is 29.4 Å². The van der Waals surface area contributed by atoms with E-state index in [1.807, 2.05) is 19.9 Å². The minimum Gasteiger partial charge on any atom is -0.384 e. The van der Waals surface area contributed by atoms with E-state index in [0.29, 0.717) is 21.7 Å². The number of thioether (sulfide) groups is 1. The van der Waals surface area contributed by atoms with Gasteiger partial charge in [-0.15, -0.1) is 0 Å². The summed E-state index contributed by atoms with van der Waals surface area (Å²) < 4.78 is 0. The van der Waals surface area contributed by atoms with Crippen molar-refractivity contribution in [2.45, 2.75) is 31.2 Å². The highest BCUT2D eigenvalue weighted by Crippen LogP contribution is 2.24. The Morgan fingerprint density at radius 1 is 1.32 bits per heavy atom. The van der Waals surface area contributed by atoms with Crippen LogP contribution in [0, 0.1) is 13.8 Å². The average molecular weight is 337 g/mol. The summed E-state index contributed by atoms with van der Waals surface area (Å²) in [6.45, 7) is 5.54. The van der Waals surface area contributed by atoms with Crippen molar-refractivity contribution in [2.24, 2.45) is 0 Å². The number of nitrogen functional groups attached to an aromatic ring is 1. The van der Waals surface area contributed by atoms with Crippen molar-refractivity contribution < 1.29 is 4.79 Å². The molecule has 1 aromatic heterocycles. The van der Waals surface area contributed by atoms with Gasteiger partial charge in [-0.3, -0.25) is 4.79 Å². The Hall–Kier alpha value is -1.79. The van der Waals surface area contributed by atoms with E-state index in [1.54, 1.807) is 25.1 Å². The number of carbonyl (C=O) groups is 1. The Morgan fingerprint density at radius 3 is 2.73 bits per heavy atom. The summed E-state index contributed by atoms with van der Waals surface area (Å²) in [5.41, 5.74) is 8.12. The van der Waals surface area contributed by atoms with Crippen molar-refractivity contribution in [3.05, 3.63) is 40.5 Å². The van der Waals surface area contributed by atoms with Crippen molar-refractivity contribution in [3.8, 4) is 0 Å². The summed E-state index contributed by atoms with van der Waals surface area (Å²) in [4.78, 5) is 20.7. The third kappa shape index (κ3) is 4.35. The number of nitrogens with zero attached hydrogens (tertiary/aromatic N) is 2. The number of aryl methyl sites for hydroxylation is 2. The quantitative estimate of drug-likeness (QED) is 0.660. The smallest absolute Gasteiger partial charge is 0.237 e. The molecule has 0 fully saturated rings. The fourth-order valence-electron chi connectivity index (χ4n) is 1.79. The summed E-state index contributed by atoms with van der Waals surface area (Å²) in [6, 6.07) is 7.06. The predicted octanol–water partition coefficient (Wildman–Crippen LogP) is 3.45. The van der Waals surface area contributed by atoms with Crippen molar-refractivity contribution in [2.75, 3.05) is 11.1 Å². The van der Waals surface area contributed by atoms with E-state index >= 15 is 0 Å². The number of amides is 1. The molecule has 0 saturated heterocycles. The summed E-state index contributed by atoms with van der Waals surface area (Å²) in [7, 11) is 0. The second-order valence-electron chi connectivity index (χ2n) is 4.93. The highest BCUT2D eigenvalue weighted by molar-refractivity contribution is 8.00. The minimum absolute atomic E-state index is 0.140. The summed E-state index contributed by atoms with van der Waals surface area (Å²) >= 11 is 7.22. The van der Waals surface area contributed by atoms with Gasteiger partial charge in [-0.05, 0) is 38.5 Å². The maximum absolute atomic E-state index is 12.3. The molecule has 7 heteroatoms. The van der Waals surface area contributed by atoms with E-state index in [0.717, 1.165) is 11.3 Å². The molecule has 1 atom stereocenters. The van der Waals surface area contributed by atoms with Gasteiger partial charge >= 0.3 is 0 Å².